The summed E-state index contributed by atoms with van der Waals surface area (Å²) in [5, 5.41) is 2.94. The Morgan fingerprint density at radius 1 is 1.15 bits per heavy atom. The second-order valence-electron chi connectivity index (χ2n) is 7.54. The van der Waals surface area contributed by atoms with E-state index in [1.807, 2.05) is 24.3 Å². The third-order valence-corrected chi connectivity index (χ3v) is 6.18. The summed E-state index contributed by atoms with van der Waals surface area (Å²) in [5.74, 6) is -1.98. The van der Waals surface area contributed by atoms with E-state index in [-0.39, 0.29) is 17.4 Å². The third-order valence-electron chi connectivity index (χ3n) is 5.30. The van der Waals surface area contributed by atoms with Crippen LogP contribution < -0.4 is 5.32 Å². The van der Waals surface area contributed by atoms with Crippen molar-refractivity contribution in [1.29, 1.82) is 0 Å². The minimum atomic E-state index is -1.04. The minimum absolute atomic E-state index is 0.0212. The van der Waals surface area contributed by atoms with E-state index in [0.29, 0.717) is 11.3 Å². The molecule has 1 aliphatic heterocycles. The fourth-order valence-electron chi connectivity index (χ4n) is 3.64. The summed E-state index contributed by atoms with van der Waals surface area (Å²) in [4.78, 5) is 50.7. The molecular formula is C24H20FN3O5S. The van der Waals surface area contributed by atoms with Crippen molar-refractivity contribution in [3.05, 3.63) is 71.0 Å². The number of para-hydroxylation sites is 1. The van der Waals surface area contributed by atoms with Crippen molar-refractivity contribution < 1.29 is 28.3 Å². The molecule has 1 saturated heterocycles. The normalized spacial score (nSPS) is 15.7. The van der Waals surface area contributed by atoms with E-state index >= 15 is 0 Å². The summed E-state index contributed by atoms with van der Waals surface area (Å²) in [5.41, 5.74) is 1.86. The highest BCUT2D eigenvalue weighted by Gasteiger charge is 2.41. The molecule has 0 spiro atoms. The van der Waals surface area contributed by atoms with Gasteiger partial charge < -0.3 is 14.6 Å². The number of esters is 1. The zero-order valence-electron chi connectivity index (χ0n) is 18.3. The fraction of sp³-hybridized carbons (Fsp3) is 0.167. The van der Waals surface area contributed by atoms with Crippen molar-refractivity contribution in [2.45, 2.75) is 19.5 Å². The molecule has 1 atom stereocenters. The molecule has 0 bridgehead atoms. The lowest BCUT2D eigenvalue weighted by Crippen LogP contribution is -2.42. The van der Waals surface area contributed by atoms with Crippen LogP contribution in [0.5, 0.6) is 0 Å². The molecule has 174 valence electrons. The molecule has 10 heteroatoms. The van der Waals surface area contributed by atoms with Crippen LogP contribution in [0.3, 0.4) is 0 Å². The molecule has 2 heterocycles. The van der Waals surface area contributed by atoms with Crippen LogP contribution in [-0.2, 0) is 25.7 Å². The Bertz CT molecular complexity index is 1330. The van der Waals surface area contributed by atoms with Crippen molar-refractivity contribution in [3.8, 4) is 0 Å². The molecule has 1 aromatic heterocycles. The van der Waals surface area contributed by atoms with Crippen LogP contribution in [0.2, 0.25) is 0 Å². The Hall–Kier alpha value is -3.92. The van der Waals surface area contributed by atoms with Gasteiger partial charge in [-0.25, -0.2) is 9.18 Å². The molecule has 34 heavy (non-hydrogen) atoms. The second-order valence-corrected chi connectivity index (χ2v) is 8.53. The Balaban J connectivity index is 1.61. The van der Waals surface area contributed by atoms with Crippen LogP contribution in [0, 0.1) is 5.82 Å². The standard InChI is InChI=1S/C24H20FN3O5S/c1-14(23(31)33-2)28-22(30)20(34-24(28)32)11-15-12-27(19-6-4-3-5-18(15)19)13-21(29)26-17-9-7-16(25)8-10-17/h3-12,14H,13H2,1-2H3,(H,26,29)/b20-11+/t14-/m1/s1. The summed E-state index contributed by atoms with van der Waals surface area (Å²) in [6.07, 6.45) is 3.29. The number of rotatable bonds is 6. The number of ether oxygens (including phenoxy) is 1. The van der Waals surface area contributed by atoms with Crippen molar-refractivity contribution in [2.24, 2.45) is 0 Å². The molecule has 1 aliphatic rings. The van der Waals surface area contributed by atoms with Crippen LogP contribution in [0.1, 0.15) is 12.5 Å². The Labute approximate surface area is 198 Å². The first-order chi connectivity index (χ1) is 16.3. The maximum Gasteiger partial charge on any atom is 0.328 e. The first-order valence-corrected chi connectivity index (χ1v) is 11.1. The van der Waals surface area contributed by atoms with E-state index in [2.05, 4.69) is 10.1 Å². The molecule has 0 saturated carbocycles. The number of imide groups is 1. The topological polar surface area (TPSA) is 97.7 Å². The van der Waals surface area contributed by atoms with Crippen molar-refractivity contribution >= 4 is 57.5 Å². The van der Waals surface area contributed by atoms with E-state index in [4.69, 9.17) is 0 Å². The van der Waals surface area contributed by atoms with Gasteiger partial charge in [0.1, 0.15) is 18.4 Å². The lowest BCUT2D eigenvalue weighted by atomic mass is 10.1. The van der Waals surface area contributed by atoms with Gasteiger partial charge in [-0.3, -0.25) is 19.3 Å². The maximum atomic E-state index is 13.1. The summed E-state index contributed by atoms with van der Waals surface area (Å²) in [6.45, 7) is 1.41. The number of hydrogen-bond donors (Lipinski definition) is 1. The van der Waals surface area contributed by atoms with E-state index in [1.54, 1.807) is 16.8 Å². The first-order valence-electron chi connectivity index (χ1n) is 10.3. The summed E-state index contributed by atoms with van der Waals surface area (Å²) in [6, 6.07) is 11.7. The summed E-state index contributed by atoms with van der Waals surface area (Å²) < 4.78 is 19.5. The van der Waals surface area contributed by atoms with Gasteiger partial charge in [0.2, 0.25) is 5.91 Å². The number of fused-ring (bicyclic) bond motifs is 1. The SMILES string of the molecule is COC(=O)[C@@H](C)N1C(=O)S/C(=C/c2cn(CC(=O)Nc3ccc(F)cc3)c3ccccc23)C1=O. The number of hydrogen-bond acceptors (Lipinski definition) is 6. The molecule has 1 fully saturated rings. The number of thioether (sulfide) groups is 1. The highest BCUT2D eigenvalue weighted by Crippen LogP contribution is 2.35. The Morgan fingerprint density at radius 2 is 1.85 bits per heavy atom. The van der Waals surface area contributed by atoms with Gasteiger partial charge in [0.05, 0.1) is 12.0 Å². The van der Waals surface area contributed by atoms with Crippen LogP contribution in [0.25, 0.3) is 17.0 Å². The number of methoxy groups -OCH3 is 1. The summed E-state index contributed by atoms with van der Waals surface area (Å²) in [7, 11) is 1.19. The van der Waals surface area contributed by atoms with Crippen molar-refractivity contribution in [3.63, 3.8) is 0 Å². The number of carbonyl (C=O) groups is 4. The molecule has 0 aliphatic carbocycles. The van der Waals surface area contributed by atoms with Gasteiger partial charge in [-0.1, -0.05) is 18.2 Å². The third kappa shape index (κ3) is 4.58. The molecule has 3 aromatic rings. The van der Waals surface area contributed by atoms with Gasteiger partial charge in [0.15, 0.2) is 0 Å². The van der Waals surface area contributed by atoms with E-state index in [0.717, 1.165) is 27.6 Å². The minimum Gasteiger partial charge on any atom is -0.467 e. The summed E-state index contributed by atoms with van der Waals surface area (Å²) >= 11 is 0.739. The van der Waals surface area contributed by atoms with Gasteiger partial charge in [0.25, 0.3) is 11.1 Å². The number of aromatic nitrogens is 1. The number of amides is 3. The molecule has 1 N–H and O–H groups in total. The van der Waals surface area contributed by atoms with Gasteiger partial charge in [-0.15, -0.1) is 0 Å². The smallest absolute Gasteiger partial charge is 0.328 e. The lowest BCUT2D eigenvalue weighted by molar-refractivity contribution is -0.148. The average molecular weight is 482 g/mol. The first kappa shape index (κ1) is 23.2. The molecular weight excluding hydrogens is 461 g/mol. The average Bonchev–Trinajstić information content (AvgIpc) is 3.30. The zero-order valence-corrected chi connectivity index (χ0v) is 19.1. The van der Waals surface area contributed by atoms with Gasteiger partial charge in [0, 0.05) is 28.4 Å². The van der Waals surface area contributed by atoms with Crippen LogP contribution >= 0.6 is 11.8 Å². The van der Waals surface area contributed by atoms with E-state index in [9.17, 15) is 23.6 Å². The number of nitrogens with zero attached hydrogens (tertiary/aromatic N) is 2. The second kappa shape index (κ2) is 9.52. The highest BCUT2D eigenvalue weighted by atomic mass is 32.2. The molecule has 3 amide bonds. The highest BCUT2D eigenvalue weighted by molar-refractivity contribution is 8.18. The Kier molecular flexibility index (Phi) is 6.51. The van der Waals surface area contributed by atoms with Gasteiger partial charge >= 0.3 is 5.97 Å². The fourth-order valence-corrected chi connectivity index (χ4v) is 4.54. The van der Waals surface area contributed by atoms with Crippen molar-refractivity contribution in [2.75, 3.05) is 12.4 Å². The largest absolute Gasteiger partial charge is 0.467 e. The number of carbonyl (C=O) groups excluding carboxylic acids is 4. The Morgan fingerprint density at radius 3 is 2.56 bits per heavy atom. The predicted octanol–water partition coefficient (Wildman–Crippen LogP) is 4.02. The predicted molar refractivity (Wildman–Crippen MR) is 126 cm³/mol. The van der Waals surface area contributed by atoms with Crippen LogP contribution in [-0.4, -0.2) is 45.6 Å². The van der Waals surface area contributed by atoms with Crippen LogP contribution in [0.15, 0.2) is 59.6 Å². The molecule has 4 rings (SSSR count). The monoisotopic (exact) mass is 481 g/mol. The number of halogens is 1. The van der Waals surface area contributed by atoms with E-state index in [1.165, 1.54) is 38.3 Å². The maximum absolute atomic E-state index is 13.1. The van der Waals surface area contributed by atoms with E-state index < -0.39 is 29.0 Å². The molecule has 2 aromatic carbocycles. The molecule has 0 unspecified atom stereocenters. The van der Waals surface area contributed by atoms with Gasteiger partial charge in [-0.2, -0.15) is 0 Å². The van der Waals surface area contributed by atoms with Crippen LogP contribution in [0.4, 0.5) is 14.9 Å². The molecule has 0 radical (unpaired) electrons. The molecule has 8 nitrogen and oxygen atoms in total. The number of nitrogens with one attached hydrogen (secondary N) is 1. The number of benzene rings is 2. The number of anilines is 1. The van der Waals surface area contributed by atoms with Gasteiger partial charge in [-0.05, 0) is 55.1 Å². The quantitative estimate of drug-likeness (QED) is 0.422. The van der Waals surface area contributed by atoms with Crippen molar-refractivity contribution in [1.82, 2.24) is 9.47 Å². The lowest BCUT2D eigenvalue weighted by Gasteiger charge is -2.18. The zero-order chi connectivity index (χ0) is 24.4.